The van der Waals surface area contributed by atoms with Gasteiger partial charge < -0.3 is 19.5 Å². The van der Waals surface area contributed by atoms with E-state index in [1.165, 1.54) is 12.1 Å². The Kier molecular flexibility index (Phi) is 10.2. The molecule has 1 N–H and O–H groups in total. The number of nitro benzene ring substituents is 1. The van der Waals surface area contributed by atoms with Crippen LogP contribution in [-0.4, -0.2) is 42.8 Å². The van der Waals surface area contributed by atoms with Crippen LogP contribution in [0.5, 0.6) is 0 Å². The van der Waals surface area contributed by atoms with E-state index in [9.17, 15) is 19.7 Å². The highest BCUT2D eigenvalue weighted by Gasteiger charge is 2.42. The minimum Gasteiger partial charge on any atom is -0.463 e. The average Bonchev–Trinajstić information content (AvgIpc) is 2.79. The zero-order valence-electron chi connectivity index (χ0n) is 20.5. The van der Waals surface area contributed by atoms with E-state index in [2.05, 4.69) is 5.32 Å². The summed E-state index contributed by atoms with van der Waals surface area (Å²) >= 11 is 0. The van der Waals surface area contributed by atoms with Gasteiger partial charge in [-0.15, -0.1) is 0 Å². The summed E-state index contributed by atoms with van der Waals surface area (Å²) in [5.74, 6) is -1.83. The number of esters is 2. The molecule has 9 heteroatoms. The number of dihydropyridines is 1. The molecule has 0 fully saturated rings. The van der Waals surface area contributed by atoms with Crippen LogP contribution in [0, 0.1) is 16.0 Å². The third kappa shape index (κ3) is 6.44. The lowest BCUT2D eigenvalue weighted by Crippen LogP contribution is -2.41. The van der Waals surface area contributed by atoms with Crippen LogP contribution < -0.4 is 5.32 Å². The summed E-state index contributed by atoms with van der Waals surface area (Å²) in [6.45, 7) is 9.69. The molecule has 0 radical (unpaired) electrons. The Hall–Kier alpha value is -3.20. The maximum Gasteiger partial charge on any atom is 0.336 e. The Morgan fingerprint density at radius 3 is 2.26 bits per heavy atom. The largest absolute Gasteiger partial charge is 0.463 e. The molecular weight excluding hydrogens is 440 g/mol. The van der Waals surface area contributed by atoms with Gasteiger partial charge in [-0.1, -0.05) is 25.5 Å². The van der Waals surface area contributed by atoms with Crippen molar-refractivity contribution in [3.63, 3.8) is 0 Å². The number of rotatable bonds is 12. The van der Waals surface area contributed by atoms with Gasteiger partial charge in [0.1, 0.15) is 0 Å². The Morgan fingerprint density at radius 2 is 1.71 bits per heavy atom. The first-order chi connectivity index (χ1) is 16.3. The molecule has 186 valence electrons. The van der Waals surface area contributed by atoms with E-state index in [1.54, 1.807) is 32.9 Å². The molecule has 1 aliphatic rings. The molecular formula is C25H34N2O7. The molecule has 1 aliphatic heterocycles. The van der Waals surface area contributed by atoms with Crippen molar-refractivity contribution >= 4 is 17.6 Å². The number of carbonyl (C=O) groups is 2. The van der Waals surface area contributed by atoms with Crippen molar-refractivity contribution in [2.24, 2.45) is 5.92 Å². The fourth-order valence-corrected chi connectivity index (χ4v) is 4.21. The molecule has 0 saturated heterocycles. The van der Waals surface area contributed by atoms with Crippen molar-refractivity contribution in [1.29, 1.82) is 0 Å². The second-order valence-electron chi connectivity index (χ2n) is 7.85. The fraction of sp³-hybridized carbons (Fsp3) is 0.520. The van der Waals surface area contributed by atoms with Gasteiger partial charge in [0.15, 0.2) is 0 Å². The molecule has 1 aromatic rings. The molecule has 0 spiro atoms. The van der Waals surface area contributed by atoms with E-state index in [0.717, 1.165) is 6.42 Å². The number of benzene rings is 1. The van der Waals surface area contributed by atoms with E-state index in [4.69, 9.17) is 14.2 Å². The topological polar surface area (TPSA) is 117 Å². The van der Waals surface area contributed by atoms with Gasteiger partial charge in [-0.2, -0.15) is 0 Å². The van der Waals surface area contributed by atoms with Gasteiger partial charge in [0.25, 0.3) is 5.69 Å². The van der Waals surface area contributed by atoms with Gasteiger partial charge in [-0.3, -0.25) is 10.1 Å². The van der Waals surface area contributed by atoms with E-state index < -0.39 is 28.9 Å². The number of hydrogen-bond acceptors (Lipinski definition) is 8. The zero-order chi connectivity index (χ0) is 25.3. The van der Waals surface area contributed by atoms with Gasteiger partial charge in [0.2, 0.25) is 0 Å². The number of ether oxygens (including phenoxy) is 3. The first kappa shape index (κ1) is 27.0. The normalized spacial score (nSPS) is 16.7. The van der Waals surface area contributed by atoms with Gasteiger partial charge in [-0.25, -0.2) is 9.59 Å². The number of non-ortho nitro benzene ring substituents is 1. The van der Waals surface area contributed by atoms with Crippen molar-refractivity contribution in [1.82, 2.24) is 5.32 Å². The van der Waals surface area contributed by atoms with E-state index in [-0.39, 0.29) is 25.3 Å². The SMILES string of the molecule is CCCC1=C(C(=O)OCC)C(C(Cc2cccc([N+](=O)[O-])c2)OCC)C(C(=O)OCC)=C(C)N1. The second-order valence-corrected chi connectivity index (χ2v) is 7.85. The standard InChI is InChI=1S/C25H34N2O7/c1-6-11-19-22(25(29)34-9-4)23(21(16(5)26-19)24(28)33-8-3)20(32-7-2)15-17-12-10-13-18(14-17)27(30)31/h10,12-14,20,23,26H,6-9,11,15H2,1-5H3. The summed E-state index contributed by atoms with van der Waals surface area (Å²) in [6, 6.07) is 6.27. The van der Waals surface area contributed by atoms with E-state index >= 15 is 0 Å². The maximum atomic E-state index is 13.2. The third-order valence-electron chi connectivity index (χ3n) is 5.49. The number of nitrogens with zero attached hydrogens (tertiary/aromatic N) is 1. The predicted octanol–water partition coefficient (Wildman–Crippen LogP) is 4.22. The van der Waals surface area contributed by atoms with E-state index in [0.29, 0.717) is 41.1 Å². The first-order valence-corrected chi connectivity index (χ1v) is 11.7. The highest BCUT2D eigenvalue weighted by atomic mass is 16.6. The Bertz CT molecular complexity index is 968. The van der Waals surface area contributed by atoms with Crippen LogP contribution in [0.15, 0.2) is 46.8 Å². The van der Waals surface area contributed by atoms with Crippen LogP contribution >= 0.6 is 0 Å². The van der Waals surface area contributed by atoms with Crippen molar-refractivity contribution in [3.8, 4) is 0 Å². The Labute approximate surface area is 200 Å². The molecule has 34 heavy (non-hydrogen) atoms. The van der Waals surface area contributed by atoms with Crippen LogP contribution in [0.1, 0.15) is 53.0 Å². The van der Waals surface area contributed by atoms with Crippen molar-refractivity contribution in [2.45, 2.75) is 60.0 Å². The molecule has 1 heterocycles. The molecule has 0 amide bonds. The summed E-state index contributed by atoms with van der Waals surface area (Å²) in [5.41, 5.74) is 2.52. The molecule has 0 bridgehead atoms. The molecule has 2 atom stereocenters. The Balaban J connectivity index is 2.67. The fourth-order valence-electron chi connectivity index (χ4n) is 4.21. The predicted molar refractivity (Wildman–Crippen MR) is 127 cm³/mol. The number of nitrogens with one attached hydrogen (secondary N) is 1. The average molecular weight is 475 g/mol. The molecule has 0 aliphatic carbocycles. The molecule has 1 aromatic carbocycles. The lowest BCUT2D eigenvalue weighted by atomic mass is 9.78. The van der Waals surface area contributed by atoms with Crippen LogP contribution in [0.3, 0.4) is 0 Å². The quantitative estimate of drug-likeness (QED) is 0.272. The van der Waals surface area contributed by atoms with Crippen LogP contribution in [0.2, 0.25) is 0 Å². The number of carbonyl (C=O) groups excluding carboxylic acids is 2. The zero-order valence-corrected chi connectivity index (χ0v) is 20.5. The molecule has 0 aromatic heterocycles. The Morgan fingerprint density at radius 1 is 1.06 bits per heavy atom. The second kappa shape index (κ2) is 12.9. The van der Waals surface area contributed by atoms with Gasteiger partial charge in [0, 0.05) is 30.1 Å². The lowest BCUT2D eigenvalue weighted by Gasteiger charge is -2.35. The van der Waals surface area contributed by atoms with Crippen molar-refractivity contribution < 1.29 is 28.7 Å². The van der Waals surface area contributed by atoms with E-state index in [1.807, 2.05) is 13.8 Å². The highest BCUT2D eigenvalue weighted by Crippen LogP contribution is 2.38. The molecule has 0 saturated carbocycles. The summed E-state index contributed by atoms with van der Waals surface area (Å²) in [6.07, 6.45) is 0.936. The third-order valence-corrected chi connectivity index (χ3v) is 5.49. The minimum atomic E-state index is -0.764. The summed E-state index contributed by atoms with van der Waals surface area (Å²) in [4.78, 5) is 37.1. The summed E-state index contributed by atoms with van der Waals surface area (Å²) < 4.78 is 16.8. The van der Waals surface area contributed by atoms with Crippen LogP contribution in [-0.2, 0) is 30.2 Å². The smallest absolute Gasteiger partial charge is 0.336 e. The molecule has 2 unspecified atom stereocenters. The summed E-state index contributed by atoms with van der Waals surface area (Å²) in [7, 11) is 0. The first-order valence-electron chi connectivity index (χ1n) is 11.7. The van der Waals surface area contributed by atoms with Crippen molar-refractivity contribution in [2.75, 3.05) is 19.8 Å². The number of hydrogen-bond donors (Lipinski definition) is 1. The lowest BCUT2D eigenvalue weighted by molar-refractivity contribution is -0.384. The number of allylic oxidation sites excluding steroid dienone is 2. The summed E-state index contributed by atoms with van der Waals surface area (Å²) in [5, 5.41) is 14.5. The van der Waals surface area contributed by atoms with Gasteiger partial charge in [0.05, 0.1) is 41.3 Å². The minimum absolute atomic E-state index is 0.0387. The number of nitro groups is 1. The monoisotopic (exact) mass is 474 g/mol. The molecule has 9 nitrogen and oxygen atoms in total. The maximum absolute atomic E-state index is 13.2. The van der Waals surface area contributed by atoms with Crippen LogP contribution in [0.25, 0.3) is 0 Å². The van der Waals surface area contributed by atoms with Gasteiger partial charge >= 0.3 is 11.9 Å². The van der Waals surface area contributed by atoms with Gasteiger partial charge in [-0.05, 0) is 46.1 Å². The van der Waals surface area contributed by atoms with Crippen molar-refractivity contribution in [3.05, 3.63) is 62.5 Å². The van der Waals surface area contributed by atoms with Crippen LogP contribution in [0.4, 0.5) is 5.69 Å². The molecule has 2 rings (SSSR count). The highest BCUT2D eigenvalue weighted by molar-refractivity contribution is 5.98.